The van der Waals surface area contributed by atoms with Gasteiger partial charge in [-0.25, -0.2) is 9.48 Å². The number of hydrogen-bond donors (Lipinski definition) is 4. The molecule has 3 aromatic rings. The summed E-state index contributed by atoms with van der Waals surface area (Å²) < 4.78 is 1.59. The molecule has 4 rings (SSSR count). The predicted octanol–water partition coefficient (Wildman–Crippen LogP) is 3.46. The minimum Gasteiger partial charge on any atom is -0.322 e. The third-order valence-corrected chi connectivity index (χ3v) is 4.80. The Kier molecular flexibility index (Phi) is 5.49. The second-order valence-electron chi connectivity index (χ2n) is 7.42. The van der Waals surface area contributed by atoms with Crippen molar-refractivity contribution in [3.05, 3.63) is 66.2 Å². The number of hydrogen-bond acceptors (Lipinski definition) is 4. The summed E-state index contributed by atoms with van der Waals surface area (Å²) >= 11 is 0. The number of carbonyl (C=O) groups is 2. The van der Waals surface area contributed by atoms with E-state index in [4.69, 9.17) is 0 Å². The maximum absolute atomic E-state index is 12.6. The van der Waals surface area contributed by atoms with Crippen molar-refractivity contribution in [3.63, 3.8) is 0 Å². The highest BCUT2D eigenvalue weighted by molar-refractivity contribution is 5.99. The average molecular weight is 404 g/mol. The Hall–Kier alpha value is -3.65. The van der Waals surface area contributed by atoms with Gasteiger partial charge in [0.25, 0.3) is 0 Å². The van der Waals surface area contributed by atoms with Gasteiger partial charge in [-0.1, -0.05) is 42.5 Å². The Bertz CT molecular complexity index is 1060. The fourth-order valence-corrected chi connectivity index (χ4v) is 3.43. The number of anilines is 2. The van der Waals surface area contributed by atoms with Crippen LogP contribution in [0.25, 0.3) is 11.3 Å². The summed E-state index contributed by atoms with van der Waals surface area (Å²) in [6.07, 6.45) is -0.173. The normalized spacial score (nSPS) is 18.5. The molecule has 154 valence electrons. The number of aryl methyl sites for hydroxylation is 1. The Morgan fingerprint density at radius 3 is 2.63 bits per heavy atom. The second kappa shape index (κ2) is 8.38. The van der Waals surface area contributed by atoms with Crippen LogP contribution in [-0.4, -0.2) is 27.8 Å². The van der Waals surface area contributed by atoms with Crippen molar-refractivity contribution < 1.29 is 9.59 Å². The first-order valence-corrected chi connectivity index (χ1v) is 9.83. The van der Waals surface area contributed by atoms with Gasteiger partial charge in [0, 0.05) is 29.8 Å². The van der Waals surface area contributed by atoms with Gasteiger partial charge in [0.15, 0.2) is 6.29 Å². The molecule has 8 nitrogen and oxygen atoms in total. The van der Waals surface area contributed by atoms with Crippen LogP contribution in [0.15, 0.2) is 60.7 Å². The second-order valence-corrected chi connectivity index (χ2v) is 7.42. The summed E-state index contributed by atoms with van der Waals surface area (Å²) in [6.45, 7) is 3.90. The maximum atomic E-state index is 12.6. The van der Waals surface area contributed by atoms with E-state index in [2.05, 4.69) is 26.4 Å². The smallest absolute Gasteiger partial charge is 0.322 e. The van der Waals surface area contributed by atoms with Crippen LogP contribution in [0.5, 0.6) is 0 Å². The Morgan fingerprint density at radius 2 is 1.90 bits per heavy atom. The molecule has 0 saturated carbocycles. The molecule has 1 aromatic heterocycles. The Balaban J connectivity index is 1.62. The summed E-state index contributed by atoms with van der Waals surface area (Å²) in [6, 6.07) is 18.6. The van der Waals surface area contributed by atoms with Gasteiger partial charge < -0.3 is 10.6 Å². The van der Waals surface area contributed by atoms with E-state index in [0.717, 1.165) is 11.1 Å². The van der Waals surface area contributed by atoms with Crippen molar-refractivity contribution in [1.29, 1.82) is 0 Å². The topological polar surface area (TPSA) is 100 Å². The monoisotopic (exact) mass is 404 g/mol. The molecule has 0 aliphatic carbocycles. The summed E-state index contributed by atoms with van der Waals surface area (Å²) in [5, 5.41) is 16.5. The number of benzene rings is 2. The predicted molar refractivity (Wildman–Crippen MR) is 116 cm³/mol. The highest BCUT2D eigenvalue weighted by Crippen LogP contribution is 2.25. The van der Waals surface area contributed by atoms with Gasteiger partial charge >= 0.3 is 6.03 Å². The van der Waals surface area contributed by atoms with Gasteiger partial charge in [0.1, 0.15) is 5.82 Å². The van der Waals surface area contributed by atoms with Crippen molar-refractivity contribution in [1.82, 2.24) is 20.4 Å². The molecule has 2 atom stereocenters. The lowest BCUT2D eigenvalue weighted by Gasteiger charge is -2.30. The minimum atomic E-state index is -0.562. The Morgan fingerprint density at radius 1 is 1.10 bits per heavy atom. The number of rotatable bonds is 4. The molecule has 0 bridgehead atoms. The SMILES string of the molecule is Cc1cccc(NC(=O)Nc2cc(-c3ccccc3)nn2C2NC(=O)CC(C)N2)c1. The van der Waals surface area contributed by atoms with E-state index in [9.17, 15) is 9.59 Å². The van der Waals surface area contributed by atoms with Gasteiger partial charge in [-0.15, -0.1) is 0 Å². The fourth-order valence-electron chi connectivity index (χ4n) is 3.43. The van der Waals surface area contributed by atoms with E-state index in [1.165, 1.54) is 0 Å². The van der Waals surface area contributed by atoms with Gasteiger partial charge in [-0.05, 0) is 31.5 Å². The van der Waals surface area contributed by atoms with Crippen LogP contribution in [0, 0.1) is 6.92 Å². The molecule has 1 fully saturated rings. The standard InChI is InChI=1S/C22H24N6O2/c1-14-7-6-10-17(11-14)24-22(30)25-19-13-18(16-8-4-3-5-9-16)27-28(19)21-23-15(2)12-20(29)26-21/h3-11,13,15,21,23H,12H2,1-2H3,(H,26,29)(H2,24,25,30). The summed E-state index contributed by atoms with van der Waals surface area (Å²) in [4.78, 5) is 24.7. The molecular formula is C22H24N6O2. The van der Waals surface area contributed by atoms with E-state index in [-0.39, 0.29) is 11.9 Å². The largest absolute Gasteiger partial charge is 0.324 e. The van der Waals surface area contributed by atoms with Crippen molar-refractivity contribution in [3.8, 4) is 11.3 Å². The lowest BCUT2D eigenvalue weighted by Crippen LogP contribution is -2.52. The fraction of sp³-hybridized carbons (Fsp3) is 0.227. The quantitative estimate of drug-likeness (QED) is 0.535. The lowest BCUT2D eigenvalue weighted by atomic mass is 10.2. The van der Waals surface area contributed by atoms with E-state index >= 15 is 0 Å². The molecular weight excluding hydrogens is 380 g/mol. The van der Waals surface area contributed by atoms with Crippen LogP contribution in [0.1, 0.15) is 25.2 Å². The average Bonchev–Trinajstić information content (AvgIpc) is 3.11. The summed E-state index contributed by atoms with van der Waals surface area (Å²) in [5.74, 6) is 0.393. The van der Waals surface area contributed by atoms with Crippen LogP contribution < -0.4 is 21.3 Å². The molecule has 3 amide bonds. The van der Waals surface area contributed by atoms with E-state index in [1.54, 1.807) is 10.7 Å². The number of nitrogens with zero attached hydrogens (tertiary/aromatic N) is 2. The van der Waals surface area contributed by atoms with Crippen molar-refractivity contribution >= 4 is 23.4 Å². The number of nitrogens with one attached hydrogen (secondary N) is 4. The molecule has 2 heterocycles. The lowest BCUT2D eigenvalue weighted by molar-refractivity contribution is -0.125. The van der Waals surface area contributed by atoms with Crippen LogP contribution >= 0.6 is 0 Å². The molecule has 1 saturated heterocycles. The minimum absolute atomic E-state index is 0.0119. The van der Waals surface area contributed by atoms with Crippen molar-refractivity contribution in [2.45, 2.75) is 32.6 Å². The number of carbonyl (C=O) groups excluding carboxylic acids is 2. The maximum Gasteiger partial charge on any atom is 0.324 e. The third-order valence-electron chi connectivity index (χ3n) is 4.80. The zero-order chi connectivity index (χ0) is 21.1. The first-order chi connectivity index (χ1) is 14.5. The third kappa shape index (κ3) is 4.49. The van der Waals surface area contributed by atoms with E-state index in [0.29, 0.717) is 23.6 Å². The Labute approximate surface area is 174 Å². The molecule has 2 aromatic carbocycles. The molecule has 0 spiro atoms. The number of aromatic nitrogens is 2. The van der Waals surface area contributed by atoms with Crippen molar-refractivity contribution in [2.75, 3.05) is 10.6 Å². The van der Waals surface area contributed by atoms with Crippen LogP contribution in [-0.2, 0) is 4.79 Å². The van der Waals surface area contributed by atoms with Gasteiger partial charge in [0.2, 0.25) is 5.91 Å². The molecule has 1 aliphatic heterocycles. The number of amides is 3. The molecule has 4 N–H and O–H groups in total. The van der Waals surface area contributed by atoms with Gasteiger partial charge in [-0.3, -0.25) is 15.4 Å². The van der Waals surface area contributed by atoms with E-state index in [1.807, 2.05) is 68.4 Å². The molecule has 2 unspecified atom stereocenters. The molecule has 0 radical (unpaired) electrons. The van der Waals surface area contributed by atoms with E-state index < -0.39 is 12.3 Å². The zero-order valence-electron chi connectivity index (χ0n) is 16.8. The molecule has 1 aliphatic rings. The van der Waals surface area contributed by atoms with Crippen molar-refractivity contribution in [2.24, 2.45) is 0 Å². The van der Waals surface area contributed by atoms with Crippen LogP contribution in [0.4, 0.5) is 16.3 Å². The van der Waals surface area contributed by atoms with Gasteiger partial charge in [0.05, 0.1) is 5.69 Å². The molecule has 8 heteroatoms. The summed E-state index contributed by atoms with van der Waals surface area (Å²) in [5.41, 5.74) is 3.34. The van der Waals surface area contributed by atoms with Crippen LogP contribution in [0.3, 0.4) is 0 Å². The number of urea groups is 1. The molecule has 30 heavy (non-hydrogen) atoms. The highest BCUT2D eigenvalue weighted by atomic mass is 16.2. The first-order valence-electron chi connectivity index (χ1n) is 9.83. The van der Waals surface area contributed by atoms with Crippen LogP contribution in [0.2, 0.25) is 0 Å². The summed E-state index contributed by atoms with van der Waals surface area (Å²) in [7, 11) is 0. The highest BCUT2D eigenvalue weighted by Gasteiger charge is 2.27. The zero-order valence-corrected chi connectivity index (χ0v) is 16.8. The van der Waals surface area contributed by atoms with Gasteiger partial charge in [-0.2, -0.15) is 5.10 Å². The first kappa shape index (κ1) is 19.7.